The molecule has 0 saturated heterocycles. The standard InChI is InChI=1S/C20H18N2O3/c1-13(23)16-7-5-8-17(12-16)25-14(2)20(24)22-19-11-10-15-6-3-4-9-18(15)21-19/h3-12,14H,1-2H3,(H,21,22,24)/t14-/m1/s1. The minimum absolute atomic E-state index is 0.0529. The molecule has 0 aliphatic heterocycles. The van der Waals surface area contributed by atoms with Crippen molar-refractivity contribution in [2.75, 3.05) is 5.32 Å². The Hall–Kier alpha value is -3.21. The number of pyridine rings is 1. The van der Waals surface area contributed by atoms with Crippen molar-refractivity contribution in [2.45, 2.75) is 20.0 Å². The van der Waals surface area contributed by atoms with Gasteiger partial charge < -0.3 is 10.1 Å². The molecule has 0 saturated carbocycles. The maximum atomic E-state index is 12.3. The van der Waals surface area contributed by atoms with Crippen LogP contribution < -0.4 is 10.1 Å². The van der Waals surface area contributed by atoms with Crippen molar-refractivity contribution in [1.29, 1.82) is 0 Å². The Labute approximate surface area is 145 Å². The molecule has 0 aliphatic carbocycles. The highest BCUT2D eigenvalue weighted by atomic mass is 16.5. The lowest BCUT2D eigenvalue weighted by molar-refractivity contribution is -0.122. The molecule has 0 aliphatic rings. The second-order valence-corrected chi connectivity index (χ2v) is 5.72. The summed E-state index contributed by atoms with van der Waals surface area (Å²) in [6, 6.07) is 18.1. The molecular formula is C20H18N2O3. The van der Waals surface area contributed by atoms with Crippen molar-refractivity contribution in [3.05, 3.63) is 66.2 Å². The van der Waals surface area contributed by atoms with E-state index in [0.29, 0.717) is 17.1 Å². The zero-order chi connectivity index (χ0) is 17.8. The Morgan fingerprint density at radius 3 is 2.64 bits per heavy atom. The number of rotatable bonds is 5. The van der Waals surface area contributed by atoms with Crippen LogP contribution in [0.4, 0.5) is 5.82 Å². The number of ether oxygens (including phenoxy) is 1. The number of fused-ring (bicyclic) bond motifs is 1. The summed E-state index contributed by atoms with van der Waals surface area (Å²) in [4.78, 5) is 28.2. The molecule has 0 unspecified atom stereocenters. The van der Waals surface area contributed by atoms with E-state index >= 15 is 0 Å². The topological polar surface area (TPSA) is 68.3 Å². The van der Waals surface area contributed by atoms with Crippen LogP contribution in [0.3, 0.4) is 0 Å². The third-order valence-electron chi connectivity index (χ3n) is 3.77. The third-order valence-corrected chi connectivity index (χ3v) is 3.77. The fourth-order valence-corrected chi connectivity index (χ4v) is 2.41. The van der Waals surface area contributed by atoms with E-state index < -0.39 is 6.10 Å². The zero-order valence-corrected chi connectivity index (χ0v) is 14.0. The lowest BCUT2D eigenvalue weighted by Crippen LogP contribution is -2.30. The van der Waals surface area contributed by atoms with Crippen molar-refractivity contribution in [2.24, 2.45) is 0 Å². The summed E-state index contributed by atoms with van der Waals surface area (Å²) >= 11 is 0. The number of hydrogen-bond donors (Lipinski definition) is 1. The summed E-state index contributed by atoms with van der Waals surface area (Å²) in [6.07, 6.45) is -0.726. The zero-order valence-electron chi connectivity index (χ0n) is 14.0. The van der Waals surface area contributed by atoms with Crippen LogP contribution in [0.2, 0.25) is 0 Å². The monoisotopic (exact) mass is 334 g/mol. The van der Waals surface area contributed by atoms with E-state index in [9.17, 15) is 9.59 Å². The molecule has 126 valence electrons. The molecule has 1 N–H and O–H groups in total. The van der Waals surface area contributed by atoms with Crippen LogP contribution in [0.15, 0.2) is 60.7 Å². The van der Waals surface area contributed by atoms with Crippen LogP contribution in [0.1, 0.15) is 24.2 Å². The number of aromatic nitrogens is 1. The molecule has 5 heteroatoms. The van der Waals surface area contributed by atoms with Gasteiger partial charge in [0.15, 0.2) is 11.9 Å². The Bertz CT molecular complexity index is 937. The molecular weight excluding hydrogens is 316 g/mol. The van der Waals surface area contributed by atoms with Crippen LogP contribution in [-0.4, -0.2) is 22.8 Å². The first kappa shape index (κ1) is 16.6. The highest BCUT2D eigenvalue weighted by Gasteiger charge is 2.16. The molecule has 0 spiro atoms. The van der Waals surface area contributed by atoms with Gasteiger partial charge in [-0.1, -0.05) is 30.3 Å². The lowest BCUT2D eigenvalue weighted by Gasteiger charge is -2.15. The minimum atomic E-state index is -0.726. The fourth-order valence-electron chi connectivity index (χ4n) is 2.41. The average molecular weight is 334 g/mol. The van der Waals surface area contributed by atoms with Crippen molar-refractivity contribution in [1.82, 2.24) is 4.98 Å². The number of carbonyl (C=O) groups is 2. The minimum Gasteiger partial charge on any atom is -0.481 e. The number of para-hydroxylation sites is 1. The Morgan fingerprint density at radius 1 is 1.04 bits per heavy atom. The smallest absolute Gasteiger partial charge is 0.266 e. The SMILES string of the molecule is CC(=O)c1cccc(O[C@H](C)C(=O)Nc2ccc3ccccc3n2)c1. The van der Waals surface area contributed by atoms with Gasteiger partial charge in [-0.25, -0.2) is 4.98 Å². The molecule has 1 heterocycles. The van der Waals surface area contributed by atoms with Crippen molar-refractivity contribution >= 4 is 28.4 Å². The maximum Gasteiger partial charge on any atom is 0.266 e. The molecule has 5 nitrogen and oxygen atoms in total. The van der Waals surface area contributed by atoms with Crippen LogP contribution in [0, 0.1) is 0 Å². The summed E-state index contributed by atoms with van der Waals surface area (Å²) in [6.45, 7) is 3.14. The predicted octanol–water partition coefficient (Wildman–Crippen LogP) is 3.84. The Kier molecular flexibility index (Phi) is 4.75. The number of nitrogens with zero attached hydrogens (tertiary/aromatic N) is 1. The summed E-state index contributed by atoms with van der Waals surface area (Å²) < 4.78 is 5.63. The molecule has 3 aromatic rings. The van der Waals surface area contributed by atoms with Gasteiger partial charge in [-0.15, -0.1) is 0 Å². The highest BCUT2D eigenvalue weighted by molar-refractivity contribution is 5.95. The number of ketones is 1. The normalized spacial score (nSPS) is 11.8. The van der Waals surface area contributed by atoms with Gasteiger partial charge in [-0.05, 0) is 44.2 Å². The second-order valence-electron chi connectivity index (χ2n) is 5.72. The molecule has 0 bridgehead atoms. The molecule has 25 heavy (non-hydrogen) atoms. The summed E-state index contributed by atoms with van der Waals surface area (Å²) in [5.74, 6) is 0.581. The van der Waals surface area contributed by atoms with E-state index in [2.05, 4.69) is 10.3 Å². The van der Waals surface area contributed by atoms with Gasteiger partial charge in [0, 0.05) is 10.9 Å². The van der Waals surface area contributed by atoms with E-state index in [0.717, 1.165) is 10.9 Å². The number of benzene rings is 2. The van der Waals surface area contributed by atoms with E-state index in [1.165, 1.54) is 6.92 Å². The van der Waals surface area contributed by atoms with Gasteiger partial charge in [0.05, 0.1) is 5.52 Å². The molecule has 1 aromatic heterocycles. The Morgan fingerprint density at radius 2 is 1.84 bits per heavy atom. The van der Waals surface area contributed by atoms with Crippen LogP contribution in [0.25, 0.3) is 10.9 Å². The van der Waals surface area contributed by atoms with Gasteiger partial charge in [0.25, 0.3) is 5.91 Å². The van der Waals surface area contributed by atoms with Crippen molar-refractivity contribution in [3.63, 3.8) is 0 Å². The fraction of sp³-hybridized carbons (Fsp3) is 0.150. The first-order valence-corrected chi connectivity index (χ1v) is 7.97. The van der Waals surface area contributed by atoms with Crippen molar-refractivity contribution < 1.29 is 14.3 Å². The molecule has 0 radical (unpaired) electrons. The number of anilines is 1. The van der Waals surface area contributed by atoms with Gasteiger partial charge in [0.1, 0.15) is 11.6 Å². The summed E-state index contributed by atoms with van der Waals surface area (Å²) in [5.41, 5.74) is 1.35. The molecule has 1 amide bonds. The molecule has 1 atom stereocenters. The van der Waals surface area contributed by atoms with Gasteiger partial charge in [0.2, 0.25) is 0 Å². The number of nitrogens with one attached hydrogen (secondary N) is 1. The second kappa shape index (κ2) is 7.13. The van der Waals surface area contributed by atoms with E-state index in [4.69, 9.17) is 4.74 Å². The largest absolute Gasteiger partial charge is 0.481 e. The molecule has 2 aromatic carbocycles. The highest BCUT2D eigenvalue weighted by Crippen LogP contribution is 2.17. The average Bonchev–Trinajstić information content (AvgIpc) is 2.61. The lowest BCUT2D eigenvalue weighted by atomic mass is 10.1. The van der Waals surface area contributed by atoms with Crippen LogP contribution in [0.5, 0.6) is 5.75 Å². The van der Waals surface area contributed by atoms with Crippen molar-refractivity contribution in [3.8, 4) is 5.75 Å². The van der Waals surface area contributed by atoms with Crippen LogP contribution in [-0.2, 0) is 4.79 Å². The van der Waals surface area contributed by atoms with E-state index in [1.54, 1.807) is 37.3 Å². The molecule has 0 fully saturated rings. The summed E-state index contributed by atoms with van der Waals surface area (Å²) in [7, 11) is 0. The van der Waals surface area contributed by atoms with Gasteiger partial charge in [-0.3, -0.25) is 9.59 Å². The maximum absolute atomic E-state index is 12.3. The third kappa shape index (κ3) is 4.01. The number of hydrogen-bond acceptors (Lipinski definition) is 4. The quantitative estimate of drug-likeness (QED) is 0.720. The number of amides is 1. The predicted molar refractivity (Wildman–Crippen MR) is 96.9 cm³/mol. The van der Waals surface area contributed by atoms with E-state index in [1.807, 2.05) is 30.3 Å². The first-order chi connectivity index (χ1) is 12.0. The Balaban J connectivity index is 1.69. The van der Waals surface area contributed by atoms with Crippen LogP contribution >= 0.6 is 0 Å². The molecule has 3 rings (SSSR count). The first-order valence-electron chi connectivity index (χ1n) is 7.97. The van der Waals surface area contributed by atoms with Gasteiger partial charge >= 0.3 is 0 Å². The number of carbonyl (C=O) groups excluding carboxylic acids is 2. The van der Waals surface area contributed by atoms with Gasteiger partial charge in [-0.2, -0.15) is 0 Å². The van der Waals surface area contributed by atoms with E-state index in [-0.39, 0.29) is 11.7 Å². The summed E-state index contributed by atoms with van der Waals surface area (Å²) in [5, 5.41) is 3.75. The number of Topliss-reactive ketones (excluding diaryl/α,β-unsaturated/α-hetero) is 1.